The van der Waals surface area contributed by atoms with Gasteiger partial charge >= 0.3 is 0 Å². The maximum absolute atomic E-state index is 13.1. The van der Waals surface area contributed by atoms with Crippen molar-refractivity contribution in [3.63, 3.8) is 0 Å². The van der Waals surface area contributed by atoms with Crippen molar-refractivity contribution >= 4 is 21.6 Å². The number of aryl methyl sites for hydroxylation is 1. The van der Waals surface area contributed by atoms with Crippen molar-refractivity contribution in [3.8, 4) is 0 Å². The van der Waals surface area contributed by atoms with Crippen LogP contribution >= 0.6 is 0 Å². The lowest BCUT2D eigenvalue weighted by Gasteiger charge is -2.15. The second-order valence-electron chi connectivity index (χ2n) is 6.75. The smallest absolute Gasteiger partial charge is 0.261 e. The Labute approximate surface area is 169 Å². The molecular formula is C22H21FN2O3S. The molecule has 0 fully saturated rings. The highest BCUT2D eigenvalue weighted by molar-refractivity contribution is 7.92. The van der Waals surface area contributed by atoms with Gasteiger partial charge in [-0.05, 0) is 61.9 Å². The van der Waals surface area contributed by atoms with Gasteiger partial charge in [-0.25, -0.2) is 12.8 Å². The van der Waals surface area contributed by atoms with Crippen molar-refractivity contribution < 1.29 is 17.6 Å². The monoisotopic (exact) mass is 412 g/mol. The van der Waals surface area contributed by atoms with E-state index < -0.39 is 15.9 Å². The first-order valence-corrected chi connectivity index (χ1v) is 10.5. The van der Waals surface area contributed by atoms with Gasteiger partial charge in [-0.15, -0.1) is 0 Å². The van der Waals surface area contributed by atoms with Crippen LogP contribution in [0.3, 0.4) is 0 Å². The van der Waals surface area contributed by atoms with E-state index >= 15 is 0 Å². The first-order valence-electron chi connectivity index (χ1n) is 9.00. The van der Waals surface area contributed by atoms with Crippen LogP contribution in [-0.2, 0) is 10.0 Å². The van der Waals surface area contributed by atoms with Gasteiger partial charge in [0, 0.05) is 11.3 Å². The molecule has 150 valence electrons. The van der Waals surface area contributed by atoms with E-state index in [1.165, 1.54) is 36.4 Å². The van der Waals surface area contributed by atoms with Crippen LogP contribution in [0.2, 0.25) is 0 Å². The fourth-order valence-corrected chi connectivity index (χ4v) is 3.86. The third kappa shape index (κ3) is 5.20. The Morgan fingerprint density at radius 3 is 2.28 bits per heavy atom. The van der Waals surface area contributed by atoms with Gasteiger partial charge in [0.2, 0.25) is 0 Å². The molecular weight excluding hydrogens is 391 g/mol. The van der Waals surface area contributed by atoms with E-state index in [2.05, 4.69) is 10.0 Å². The number of sulfonamides is 1. The minimum absolute atomic E-state index is 0.0137. The molecule has 0 aliphatic rings. The topological polar surface area (TPSA) is 75.3 Å². The van der Waals surface area contributed by atoms with Gasteiger partial charge in [0.1, 0.15) is 5.82 Å². The van der Waals surface area contributed by atoms with Gasteiger partial charge in [-0.2, -0.15) is 0 Å². The summed E-state index contributed by atoms with van der Waals surface area (Å²) in [6.45, 7) is 3.68. The lowest BCUT2D eigenvalue weighted by molar-refractivity contribution is 0.0939. The average Bonchev–Trinajstić information content (AvgIpc) is 2.70. The molecule has 1 atom stereocenters. The van der Waals surface area contributed by atoms with E-state index in [0.29, 0.717) is 5.69 Å². The summed E-state index contributed by atoms with van der Waals surface area (Å²) in [5, 5.41) is 2.79. The molecule has 3 aromatic carbocycles. The maximum atomic E-state index is 13.1. The van der Waals surface area contributed by atoms with Crippen LogP contribution in [-0.4, -0.2) is 14.3 Å². The molecule has 1 unspecified atom stereocenters. The molecule has 1 amide bonds. The summed E-state index contributed by atoms with van der Waals surface area (Å²) in [6, 6.07) is 18.2. The molecule has 2 N–H and O–H groups in total. The van der Waals surface area contributed by atoms with E-state index in [4.69, 9.17) is 0 Å². The summed E-state index contributed by atoms with van der Waals surface area (Å²) < 4.78 is 40.9. The second-order valence-corrected chi connectivity index (χ2v) is 8.43. The first-order chi connectivity index (χ1) is 13.7. The predicted octanol–water partition coefficient (Wildman–Crippen LogP) is 4.43. The van der Waals surface area contributed by atoms with Crippen LogP contribution in [0.5, 0.6) is 0 Å². The molecule has 0 saturated heterocycles. The third-order valence-corrected chi connectivity index (χ3v) is 5.81. The fraction of sp³-hybridized carbons (Fsp3) is 0.136. The zero-order valence-corrected chi connectivity index (χ0v) is 16.8. The second kappa shape index (κ2) is 8.45. The van der Waals surface area contributed by atoms with E-state index in [1.54, 1.807) is 43.3 Å². The zero-order valence-electron chi connectivity index (χ0n) is 16.0. The Morgan fingerprint density at radius 1 is 0.966 bits per heavy atom. The first kappa shape index (κ1) is 20.5. The van der Waals surface area contributed by atoms with Gasteiger partial charge in [-0.1, -0.05) is 35.9 Å². The Bertz CT molecular complexity index is 1110. The highest BCUT2D eigenvalue weighted by Gasteiger charge is 2.18. The summed E-state index contributed by atoms with van der Waals surface area (Å²) in [6.07, 6.45) is 0. The lowest BCUT2D eigenvalue weighted by atomic mass is 10.1. The number of amides is 1. The van der Waals surface area contributed by atoms with E-state index in [0.717, 1.165) is 11.1 Å². The minimum Gasteiger partial charge on any atom is -0.346 e. The van der Waals surface area contributed by atoms with Gasteiger partial charge < -0.3 is 5.32 Å². The Balaban J connectivity index is 1.76. The van der Waals surface area contributed by atoms with Crippen molar-refractivity contribution in [1.29, 1.82) is 0 Å². The number of hydrogen-bond acceptors (Lipinski definition) is 3. The number of carbonyl (C=O) groups excluding carboxylic acids is 1. The van der Waals surface area contributed by atoms with Crippen LogP contribution in [0, 0.1) is 12.7 Å². The van der Waals surface area contributed by atoms with Crippen molar-refractivity contribution in [2.45, 2.75) is 24.8 Å². The van der Waals surface area contributed by atoms with Gasteiger partial charge in [0.05, 0.1) is 10.9 Å². The molecule has 0 spiro atoms. The van der Waals surface area contributed by atoms with Crippen LogP contribution in [0.1, 0.15) is 34.5 Å². The van der Waals surface area contributed by atoms with Crippen molar-refractivity contribution in [3.05, 3.63) is 95.3 Å². The number of rotatable bonds is 6. The Hall–Kier alpha value is -3.19. The van der Waals surface area contributed by atoms with Crippen molar-refractivity contribution in [1.82, 2.24) is 5.32 Å². The Morgan fingerprint density at radius 2 is 1.62 bits per heavy atom. The summed E-state index contributed by atoms with van der Waals surface area (Å²) in [4.78, 5) is 12.6. The van der Waals surface area contributed by atoms with Crippen molar-refractivity contribution in [2.24, 2.45) is 0 Å². The molecule has 3 rings (SSSR count). The van der Waals surface area contributed by atoms with Crippen molar-refractivity contribution in [2.75, 3.05) is 4.72 Å². The molecule has 7 heteroatoms. The highest BCUT2D eigenvalue weighted by atomic mass is 32.2. The average molecular weight is 412 g/mol. The van der Waals surface area contributed by atoms with E-state index in [1.807, 2.05) is 6.92 Å². The van der Waals surface area contributed by atoms with Gasteiger partial charge in [-0.3, -0.25) is 9.52 Å². The molecule has 0 aliphatic carbocycles. The fourth-order valence-electron chi connectivity index (χ4n) is 2.75. The normalized spacial score (nSPS) is 12.2. The highest BCUT2D eigenvalue weighted by Crippen LogP contribution is 2.19. The van der Waals surface area contributed by atoms with E-state index in [-0.39, 0.29) is 22.3 Å². The van der Waals surface area contributed by atoms with Crippen LogP contribution in [0.25, 0.3) is 0 Å². The molecule has 0 aromatic heterocycles. The van der Waals surface area contributed by atoms with Gasteiger partial charge in [0.25, 0.3) is 15.9 Å². The van der Waals surface area contributed by atoms with Gasteiger partial charge in [0.15, 0.2) is 0 Å². The largest absolute Gasteiger partial charge is 0.346 e. The summed E-state index contributed by atoms with van der Waals surface area (Å²) in [5.41, 5.74) is 2.41. The maximum Gasteiger partial charge on any atom is 0.261 e. The zero-order chi connectivity index (χ0) is 21.0. The minimum atomic E-state index is -3.84. The number of benzene rings is 3. The predicted molar refractivity (Wildman–Crippen MR) is 111 cm³/mol. The van der Waals surface area contributed by atoms with E-state index in [9.17, 15) is 17.6 Å². The molecule has 5 nitrogen and oxygen atoms in total. The quantitative estimate of drug-likeness (QED) is 0.629. The third-order valence-electron chi connectivity index (χ3n) is 4.43. The summed E-state index contributed by atoms with van der Waals surface area (Å²) >= 11 is 0. The molecule has 0 heterocycles. The van der Waals surface area contributed by atoms with Crippen LogP contribution in [0.15, 0.2) is 77.7 Å². The number of hydrogen-bond donors (Lipinski definition) is 2. The summed E-state index contributed by atoms with van der Waals surface area (Å²) in [7, 11) is -3.84. The number of anilines is 1. The SMILES string of the molecule is Cc1ccc(NS(=O)(=O)c2cccc(C(=O)NC(C)c3ccc(F)cc3)c2)cc1. The number of nitrogens with one attached hydrogen (secondary N) is 2. The van der Waals surface area contributed by atoms with Crippen LogP contribution in [0.4, 0.5) is 10.1 Å². The molecule has 0 aliphatic heterocycles. The lowest BCUT2D eigenvalue weighted by Crippen LogP contribution is -2.27. The summed E-state index contributed by atoms with van der Waals surface area (Å²) in [5.74, 6) is -0.777. The molecule has 0 bridgehead atoms. The number of halogens is 1. The standard InChI is InChI=1S/C22H21FN2O3S/c1-15-6-12-20(13-7-15)25-29(27,28)21-5-3-4-18(14-21)22(26)24-16(2)17-8-10-19(23)11-9-17/h3-14,16,25H,1-2H3,(H,24,26). The molecule has 0 saturated carbocycles. The molecule has 29 heavy (non-hydrogen) atoms. The molecule has 3 aromatic rings. The Kier molecular flexibility index (Phi) is 5.98. The van der Waals surface area contributed by atoms with Crippen LogP contribution < -0.4 is 10.0 Å². The molecule has 0 radical (unpaired) electrons. The number of carbonyl (C=O) groups is 1.